The number of hydrogen-bond acceptors (Lipinski definition) is 3. The first-order valence-electron chi connectivity index (χ1n) is 7.99. The largest absolute Gasteiger partial charge is 0.322 e. The average molecular weight is 354 g/mol. The lowest BCUT2D eigenvalue weighted by atomic mass is 10.1. The van der Waals surface area contributed by atoms with Crippen molar-refractivity contribution in [3.8, 4) is 11.3 Å². The van der Waals surface area contributed by atoms with Crippen LogP contribution in [0.5, 0.6) is 0 Å². The van der Waals surface area contributed by atoms with Crippen LogP contribution in [0, 0.1) is 0 Å². The van der Waals surface area contributed by atoms with Crippen LogP contribution in [0.1, 0.15) is 5.69 Å². The lowest BCUT2D eigenvalue weighted by molar-refractivity contribution is 0.194. The number of rotatable bonds is 2. The van der Waals surface area contributed by atoms with Crippen LogP contribution >= 0.6 is 11.6 Å². The minimum absolute atomic E-state index is 0.122. The molecule has 0 unspecified atom stereocenters. The van der Waals surface area contributed by atoms with E-state index in [1.165, 1.54) is 0 Å². The molecule has 0 aliphatic carbocycles. The number of anilines is 1. The maximum absolute atomic E-state index is 12.5. The summed E-state index contributed by atoms with van der Waals surface area (Å²) >= 11 is 6.00. The predicted octanol–water partition coefficient (Wildman–Crippen LogP) is 3.65. The number of halogens is 1. The molecule has 6 nitrogen and oxygen atoms in total. The molecule has 1 aromatic carbocycles. The van der Waals surface area contributed by atoms with E-state index in [-0.39, 0.29) is 6.03 Å². The van der Waals surface area contributed by atoms with Crippen LogP contribution in [0.2, 0.25) is 5.15 Å². The summed E-state index contributed by atoms with van der Waals surface area (Å²) in [7, 11) is 0. The van der Waals surface area contributed by atoms with E-state index < -0.39 is 0 Å². The van der Waals surface area contributed by atoms with Crippen LogP contribution in [0.15, 0.2) is 54.7 Å². The van der Waals surface area contributed by atoms with Gasteiger partial charge in [0.25, 0.3) is 0 Å². The molecule has 0 spiro atoms. The van der Waals surface area contributed by atoms with Crippen molar-refractivity contribution in [1.82, 2.24) is 19.7 Å². The van der Waals surface area contributed by atoms with Gasteiger partial charge in [-0.25, -0.2) is 9.78 Å². The highest BCUT2D eigenvalue weighted by Gasteiger charge is 2.25. The van der Waals surface area contributed by atoms with Gasteiger partial charge in [0.2, 0.25) is 0 Å². The Kier molecular flexibility index (Phi) is 4.11. The minimum atomic E-state index is -0.122. The second kappa shape index (κ2) is 6.57. The third kappa shape index (κ3) is 3.21. The fraction of sp³-hybridized carbons (Fsp3) is 0.167. The molecule has 0 saturated carbocycles. The molecule has 0 fully saturated rings. The molecule has 25 heavy (non-hydrogen) atoms. The second-order valence-corrected chi connectivity index (χ2v) is 6.18. The van der Waals surface area contributed by atoms with Gasteiger partial charge in [-0.05, 0) is 24.3 Å². The number of pyridine rings is 1. The standard InChI is InChI=1S/C18H16ClN5O/c19-17-8-4-7-15(22-17)14-11-20-24-10-9-23(12-16(14)24)18(25)21-13-5-2-1-3-6-13/h1-8,11H,9-10,12H2,(H,21,25). The molecule has 0 radical (unpaired) electrons. The summed E-state index contributed by atoms with van der Waals surface area (Å²) in [6, 6.07) is 14.8. The van der Waals surface area contributed by atoms with Crippen molar-refractivity contribution in [2.24, 2.45) is 0 Å². The zero-order chi connectivity index (χ0) is 17.2. The van der Waals surface area contributed by atoms with Gasteiger partial charge in [-0.1, -0.05) is 35.9 Å². The zero-order valence-electron chi connectivity index (χ0n) is 13.4. The number of para-hydroxylation sites is 1. The SMILES string of the molecule is O=C(Nc1ccccc1)N1CCn2ncc(-c3cccc(Cl)n3)c2C1. The first kappa shape index (κ1) is 15.7. The molecule has 2 aromatic heterocycles. The van der Waals surface area contributed by atoms with Crippen molar-refractivity contribution in [3.05, 3.63) is 65.6 Å². The molecular weight excluding hydrogens is 338 g/mol. The van der Waals surface area contributed by atoms with E-state index in [0.717, 1.165) is 22.6 Å². The number of hydrogen-bond donors (Lipinski definition) is 1. The van der Waals surface area contributed by atoms with Crippen molar-refractivity contribution < 1.29 is 4.79 Å². The van der Waals surface area contributed by atoms with Crippen molar-refractivity contribution in [2.75, 3.05) is 11.9 Å². The molecule has 0 atom stereocenters. The van der Waals surface area contributed by atoms with E-state index >= 15 is 0 Å². The number of nitrogens with zero attached hydrogens (tertiary/aromatic N) is 4. The molecular formula is C18H16ClN5O. The van der Waals surface area contributed by atoms with Gasteiger partial charge in [-0.3, -0.25) is 4.68 Å². The quantitative estimate of drug-likeness (QED) is 0.715. The van der Waals surface area contributed by atoms with Crippen LogP contribution in [-0.4, -0.2) is 32.2 Å². The Hall–Kier alpha value is -2.86. The topological polar surface area (TPSA) is 63.1 Å². The highest BCUT2D eigenvalue weighted by atomic mass is 35.5. The Labute approximate surface area is 150 Å². The third-order valence-electron chi connectivity index (χ3n) is 4.17. The van der Waals surface area contributed by atoms with Crippen molar-refractivity contribution in [2.45, 2.75) is 13.1 Å². The van der Waals surface area contributed by atoms with E-state index in [1.54, 1.807) is 17.2 Å². The molecule has 0 saturated heterocycles. The van der Waals surface area contributed by atoms with Gasteiger partial charge in [0, 0.05) is 17.8 Å². The Balaban J connectivity index is 1.56. The van der Waals surface area contributed by atoms with Crippen LogP contribution in [-0.2, 0) is 13.1 Å². The van der Waals surface area contributed by atoms with Gasteiger partial charge in [-0.2, -0.15) is 5.10 Å². The molecule has 4 rings (SSSR count). The first-order chi connectivity index (χ1) is 12.2. The maximum atomic E-state index is 12.5. The molecule has 1 aliphatic rings. The van der Waals surface area contributed by atoms with Gasteiger partial charge >= 0.3 is 6.03 Å². The number of carbonyl (C=O) groups excluding carboxylic acids is 1. The normalized spacial score (nSPS) is 13.4. The van der Waals surface area contributed by atoms with Crippen LogP contribution < -0.4 is 5.32 Å². The smallest absolute Gasteiger partial charge is 0.317 e. The Morgan fingerprint density at radius 3 is 2.72 bits per heavy atom. The predicted molar refractivity (Wildman–Crippen MR) is 96.3 cm³/mol. The van der Waals surface area contributed by atoms with Crippen molar-refractivity contribution in [3.63, 3.8) is 0 Å². The molecule has 1 aliphatic heterocycles. The summed E-state index contributed by atoms with van der Waals surface area (Å²) in [5.74, 6) is 0. The molecule has 3 aromatic rings. The summed E-state index contributed by atoms with van der Waals surface area (Å²) < 4.78 is 1.92. The van der Waals surface area contributed by atoms with Gasteiger partial charge in [0.05, 0.1) is 30.7 Å². The molecule has 7 heteroatoms. The van der Waals surface area contributed by atoms with E-state index in [9.17, 15) is 4.79 Å². The number of carbonyl (C=O) groups is 1. The number of aromatic nitrogens is 3. The van der Waals surface area contributed by atoms with E-state index in [1.807, 2.05) is 47.1 Å². The Morgan fingerprint density at radius 2 is 1.92 bits per heavy atom. The van der Waals surface area contributed by atoms with Crippen LogP contribution in [0.3, 0.4) is 0 Å². The number of urea groups is 1. The third-order valence-corrected chi connectivity index (χ3v) is 4.38. The molecule has 1 N–H and O–H groups in total. The van der Waals surface area contributed by atoms with Crippen LogP contribution in [0.4, 0.5) is 10.5 Å². The summed E-state index contributed by atoms with van der Waals surface area (Å²) in [5.41, 5.74) is 3.41. The van der Waals surface area contributed by atoms with E-state index in [0.29, 0.717) is 24.8 Å². The van der Waals surface area contributed by atoms with E-state index in [2.05, 4.69) is 15.4 Å². The fourth-order valence-electron chi connectivity index (χ4n) is 2.92. The van der Waals surface area contributed by atoms with Gasteiger partial charge in [0.1, 0.15) is 5.15 Å². The monoisotopic (exact) mass is 353 g/mol. The summed E-state index contributed by atoms with van der Waals surface area (Å²) in [6.45, 7) is 1.73. The molecule has 0 bridgehead atoms. The van der Waals surface area contributed by atoms with Gasteiger partial charge in [-0.15, -0.1) is 0 Å². The highest BCUT2D eigenvalue weighted by molar-refractivity contribution is 6.29. The Morgan fingerprint density at radius 1 is 1.08 bits per heavy atom. The Bertz CT molecular complexity index is 909. The van der Waals surface area contributed by atoms with Gasteiger partial charge < -0.3 is 10.2 Å². The lowest BCUT2D eigenvalue weighted by Gasteiger charge is -2.28. The molecule has 2 amide bonds. The van der Waals surface area contributed by atoms with Crippen molar-refractivity contribution >= 4 is 23.3 Å². The lowest BCUT2D eigenvalue weighted by Crippen LogP contribution is -2.41. The number of benzene rings is 1. The summed E-state index contributed by atoms with van der Waals surface area (Å²) in [6.07, 6.45) is 1.78. The first-order valence-corrected chi connectivity index (χ1v) is 8.37. The van der Waals surface area contributed by atoms with E-state index in [4.69, 9.17) is 11.6 Å². The maximum Gasteiger partial charge on any atom is 0.322 e. The van der Waals surface area contributed by atoms with Gasteiger partial charge in [0.15, 0.2) is 0 Å². The summed E-state index contributed by atoms with van der Waals surface area (Å²) in [5, 5.41) is 7.78. The number of fused-ring (bicyclic) bond motifs is 1. The second-order valence-electron chi connectivity index (χ2n) is 5.79. The fourth-order valence-corrected chi connectivity index (χ4v) is 3.08. The average Bonchev–Trinajstić information content (AvgIpc) is 3.05. The minimum Gasteiger partial charge on any atom is -0.317 e. The molecule has 126 valence electrons. The number of nitrogens with one attached hydrogen (secondary N) is 1. The summed E-state index contributed by atoms with van der Waals surface area (Å²) in [4.78, 5) is 18.7. The van der Waals surface area contributed by atoms with Crippen molar-refractivity contribution in [1.29, 1.82) is 0 Å². The highest BCUT2D eigenvalue weighted by Crippen LogP contribution is 2.26. The molecule has 3 heterocycles. The zero-order valence-corrected chi connectivity index (χ0v) is 14.1. The van der Waals surface area contributed by atoms with Crippen LogP contribution in [0.25, 0.3) is 11.3 Å². The number of amides is 2.